The predicted molar refractivity (Wildman–Crippen MR) is 126 cm³/mol. The third-order valence-electron chi connectivity index (χ3n) is 6.00. The van der Waals surface area contributed by atoms with Crippen LogP contribution in [-0.2, 0) is 0 Å². The van der Waals surface area contributed by atoms with E-state index in [-0.39, 0.29) is 6.67 Å². The van der Waals surface area contributed by atoms with Crippen molar-refractivity contribution in [3.8, 4) is 0 Å². The monoisotopic (exact) mass is 438 g/mol. The van der Waals surface area contributed by atoms with Gasteiger partial charge in [-0.2, -0.15) is 0 Å². The molecule has 0 nitrogen and oxygen atoms in total. The van der Waals surface area contributed by atoms with Crippen LogP contribution in [0.3, 0.4) is 0 Å². The van der Waals surface area contributed by atoms with E-state index >= 15 is 4.11 Å². The van der Waals surface area contributed by atoms with Crippen LogP contribution in [0.4, 0.5) is 12.9 Å². The highest BCUT2D eigenvalue weighted by Crippen LogP contribution is 2.30. The van der Waals surface area contributed by atoms with Crippen molar-refractivity contribution in [3.63, 3.8) is 0 Å². The molecule has 0 aromatic carbocycles. The van der Waals surface area contributed by atoms with Gasteiger partial charge in [-0.25, -0.2) is 4.39 Å². The first kappa shape index (κ1) is 28.2. The summed E-state index contributed by atoms with van der Waals surface area (Å²) < 4.78 is 41.7. The van der Waals surface area contributed by atoms with E-state index in [9.17, 15) is 8.78 Å². The second kappa shape index (κ2) is 20.5. The number of unbranched alkanes of at least 4 members (excludes halogenated alkanes) is 10. The quantitative estimate of drug-likeness (QED) is 0.0900. The zero-order valence-electron chi connectivity index (χ0n) is 19.1. The molecule has 0 aliphatic carbocycles. The van der Waals surface area contributed by atoms with E-state index in [1.54, 1.807) is 0 Å². The Morgan fingerprint density at radius 3 is 1.79 bits per heavy atom. The maximum absolute atomic E-state index is 15.7. The number of halogens is 3. The lowest BCUT2D eigenvalue weighted by Crippen LogP contribution is -2.28. The molecule has 0 aliphatic heterocycles. The third kappa shape index (κ3) is 18.3. The lowest BCUT2D eigenvalue weighted by molar-refractivity contribution is 0.326. The molecule has 1 atom stereocenters. The summed E-state index contributed by atoms with van der Waals surface area (Å²) in [5.41, 5.74) is 0. The summed E-state index contributed by atoms with van der Waals surface area (Å²) in [6.45, 7) is 4.15. The number of hydrogen-bond donors (Lipinski definition) is 0. The SMILES string of the molecule is CCCCCCC[Si](F)(CCCCCCC)CC[SiH2]CC(F)CCCCCF. The Bertz CT molecular complexity index is 302. The summed E-state index contributed by atoms with van der Waals surface area (Å²) in [7, 11) is -3.09. The lowest BCUT2D eigenvalue weighted by atomic mass is 10.1. The maximum atomic E-state index is 15.7. The van der Waals surface area contributed by atoms with Crippen molar-refractivity contribution in [3.05, 3.63) is 0 Å². The second-order valence-corrected chi connectivity index (χ2v) is 14.7. The van der Waals surface area contributed by atoms with Crippen LogP contribution in [0.5, 0.6) is 0 Å². The van der Waals surface area contributed by atoms with Crippen LogP contribution in [-0.4, -0.2) is 30.8 Å². The van der Waals surface area contributed by atoms with Gasteiger partial charge in [0, 0.05) is 9.52 Å². The molecule has 0 rings (SSSR count). The van der Waals surface area contributed by atoms with Gasteiger partial charge >= 0.3 is 0 Å². The minimum Gasteiger partial charge on any atom is -0.314 e. The van der Waals surface area contributed by atoms with E-state index in [0.29, 0.717) is 18.9 Å². The summed E-state index contributed by atoms with van der Waals surface area (Å²) >= 11 is 0. The van der Waals surface area contributed by atoms with Crippen LogP contribution in [0.2, 0.25) is 30.2 Å². The fourth-order valence-electron chi connectivity index (χ4n) is 4.05. The Kier molecular flexibility index (Phi) is 20.7. The fraction of sp³-hybridized carbons (Fsp3) is 1.00. The smallest absolute Gasteiger partial charge is 0.246 e. The fourth-order valence-corrected chi connectivity index (χ4v) is 11.1. The topological polar surface area (TPSA) is 0 Å². The van der Waals surface area contributed by atoms with E-state index < -0.39 is 24.1 Å². The Morgan fingerprint density at radius 1 is 0.714 bits per heavy atom. The Labute approximate surface area is 177 Å². The molecular formula is C23H49F3Si2. The molecule has 0 aromatic rings. The van der Waals surface area contributed by atoms with E-state index in [0.717, 1.165) is 49.9 Å². The summed E-state index contributed by atoms with van der Waals surface area (Å²) in [6.07, 6.45) is 14.1. The van der Waals surface area contributed by atoms with Gasteiger partial charge in [0.2, 0.25) is 8.41 Å². The third-order valence-corrected chi connectivity index (χ3v) is 12.3. The minimum absolute atomic E-state index is 0.286. The van der Waals surface area contributed by atoms with Gasteiger partial charge in [-0.15, -0.1) is 0 Å². The van der Waals surface area contributed by atoms with Crippen LogP contribution >= 0.6 is 0 Å². The normalized spacial score (nSPS) is 13.6. The molecule has 0 saturated carbocycles. The first-order valence-corrected chi connectivity index (χ1v) is 17.0. The maximum Gasteiger partial charge on any atom is 0.246 e. The van der Waals surface area contributed by atoms with E-state index in [2.05, 4.69) is 13.8 Å². The number of alkyl halides is 2. The summed E-state index contributed by atoms with van der Waals surface area (Å²) in [5.74, 6) is 0. The minimum atomic E-state index is -2.61. The van der Waals surface area contributed by atoms with Gasteiger partial charge in [-0.05, 0) is 37.0 Å². The van der Waals surface area contributed by atoms with Crippen LogP contribution in [0.1, 0.15) is 104 Å². The van der Waals surface area contributed by atoms with Crippen molar-refractivity contribution in [1.82, 2.24) is 0 Å². The zero-order valence-corrected chi connectivity index (χ0v) is 21.5. The summed E-state index contributed by atoms with van der Waals surface area (Å²) in [5, 5.41) is 0. The zero-order chi connectivity index (χ0) is 20.9. The average Bonchev–Trinajstić information content (AvgIpc) is 2.68. The highest BCUT2D eigenvalue weighted by atomic mass is 28.4. The highest BCUT2D eigenvalue weighted by molar-refractivity contribution is 6.73. The lowest BCUT2D eigenvalue weighted by Gasteiger charge is -2.23. The van der Waals surface area contributed by atoms with Gasteiger partial charge in [0.25, 0.3) is 0 Å². The Balaban J connectivity index is 4.08. The van der Waals surface area contributed by atoms with E-state index in [1.807, 2.05) is 0 Å². The molecule has 0 heterocycles. The van der Waals surface area contributed by atoms with Gasteiger partial charge in [0.15, 0.2) is 0 Å². The molecule has 0 aliphatic rings. The van der Waals surface area contributed by atoms with Crippen molar-refractivity contribution < 1.29 is 12.9 Å². The van der Waals surface area contributed by atoms with E-state index in [4.69, 9.17) is 0 Å². The molecule has 28 heavy (non-hydrogen) atoms. The Hall–Kier alpha value is 0.224. The van der Waals surface area contributed by atoms with Crippen LogP contribution < -0.4 is 0 Å². The van der Waals surface area contributed by atoms with Crippen LogP contribution in [0.15, 0.2) is 0 Å². The molecule has 5 heteroatoms. The van der Waals surface area contributed by atoms with Crippen molar-refractivity contribution in [2.45, 2.75) is 140 Å². The number of hydrogen-bond acceptors (Lipinski definition) is 0. The second-order valence-electron chi connectivity index (χ2n) is 8.86. The van der Waals surface area contributed by atoms with Crippen LogP contribution in [0, 0.1) is 0 Å². The Morgan fingerprint density at radius 2 is 1.25 bits per heavy atom. The largest absolute Gasteiger partial charge is 0.314 e. The van der Waals surface area contributed by atoms with Crippen molar-refractivity contribution in [2.24, 2.45) is 0 Å². The average molecular weight is 439 g/mol. The first-order valence-electron chi connectivity index (χ1n) is 12.5. The molecule has 0 aromatic heterocycles. The van der Waals surface area contributed by atoms with Gasteiger partial charge in [0.05, 0.1) is 12.8 Å². The molecule has 0 amide bonds. The highest BCUT2D eigenvalue weighted by Gasteiger charge is 2.32. The first-order chi connectivity index (χ1) is 13.6. The van der Waals surface area contributed by atoms with Gasteiger partial charge in [0.1, 0.15) is 0 Å². The van der Waals surface area contributed by atoms with Crippen LogP contribution in [0.25, 0.3) is 0 Å². The van der Waals surface area contributed by atoms with E-state index in [1.165, 1.54) is 51.4 Å². The molecule has 0 spiro atoms. The molecule has 0 radical (unpaired) electrons. The molecule has 170 valence electrons. The van der Waals surface area contributed by atoms with Crippen molar-refractivity contribution >= 4 is 17.9 Å². The standard InChI is InChI=1S/C23H49F3Si2/c1-3-5-7-9-14-19-28(26,20-15-10-8-6-4-2)21-18-27-22-23(25)16-12-11-13-17-24/h23H,3-22,27H2,1-2H3. The van der Waals surface area contributed by atoms with Gasteiger partial charge in [-0.1, -0.05) is 96.9 Å². The van der Waals surface area contributed by atoms with Gasteiger partial charge in [-0.3, -0.25) is 4.39 Å². The molecule has 0 bridgehead atoms. The summed E-state index contributed by atoms with van der Waals surface area (Å²) in [4.78, 5) is 0. The molecule has 0 N–H and O–H groups in total. The predicted octanol–water partition coefficient (Wildman–Crippen LogP) is 8.72. The van der Waals surface area contributed by atoms with Crippen molar-refractivity contribution in [1.29, 1.82) is 0 Å². The molecule has 0 saturated heterocycles. The summed E-state index contributed by atoms with van der Waals surface area (Å²) in [6, 6.07) is 4.20. The number of rotatable bonds is 22. The molecule has 1 unspecified atom stereocenters. The molecule has 0 fully saturated rings. The molecular weight excluding hydrogens is 389 g/mol. The van der Waals surface area contributed by atoms with Gasteiger partial charge < -0.3 is 4.11 Å². The van der Waals surface area contributed by atoms with Crippen molar-refractivity contribution in [2.75, 3.05) is 6.67 Å².